The highest BCUT2D eigenvalue weighted by molar-refractivity contribution is 5.76. The maximum Gasteiger partial charge on any atom is 0.305 e. The monoisotopic (exact) mass is 202 g/mol. The number of hydrogen-bond donors (Lipinski definition) is 3. The number of carbonyl (C=O) groups is 2. The summed E-state index contributed by atoms with van der Waals surface area (Å²) >= 11 is 0. The summed E-state index contributed by atoms with van der Waals surface area (Å²) in [6.07, 6.45) is 1.13. The third kappa shape index (κ3) is 7.54. The predicted molar refractivity (Wildman–Crippen MR) is 52.7 cm³/mol. The molecule has 0 saturated carbocycles. The standard InChI is InChI=1S/C9H18N2O3/c1-7(6-10)2-3-8(12)11-5-4-9(13)14/h7H,2-6,10H2,1H3,(H,11,12)(H,13,14). The molecule has 0 aromatic rings. The molecule has 82 valence electrons. The van der Waals surface area contributed by atoms with Crippen LogP contribution in [0.2, 0.25) is 0 Å². The second-order valence-electron chi connectivity index (χ2n) is 3.37. The first kappa shape index (κ1) is 12.9. The molecular formula is C9H18N2O3. The fourth-order valence-corrected chi connectivity index (χ4v) is 0.893. The van der Waals surface area contributed by atoms with E-state index in [4.69, 9.17) is 10.8 Å². The minimum atomic E-state index is -0.902. The van der Waals surface area contributed by atoms with Crippen molar-refractivity contribution in [2.75, 3.05) is 13.1 Å². The van der Waals surface area contributed by atoms with Crippen LogP contribution in [0.25, 0.3) is 0 Å². The Morgan fingerprint density at radius 1 is 1.43 bits per heavy atom. The van der Waals surface area contributed by atoms with Crippen LogP contribution < -0.4 is 11.1 Å². The third-order valence-corrected chi connectivity index (χ3v) is 1.93. The van der Waals surface area contributed by atoms with Crippen LogP contribution in [-0.4, -0.2) is 30.1 Å². The SMILES string of the molecule is CC(CN)CCC(=O)NCCC(=O)O. The van der Waals surface area contributed by atoms with Crippen molar-refractivity contribution >= 4 is 11.9 Å². The second-order valence-corrected chi connectivity index (χ2v) is 3.37. The van der Waals surface area contributed by atoms with E-state index in [1.165, 1.54) is 0 Å². The lowest BCUT2D eigenvalue weighted by atomic mass is 10.1. The molecule has 1 atom stereocenters. The summed E-state index contributed by atoms with van der Waals surface area (Å²) in [5.74, 6) is -0.674. The Kier molecular flexibility index (Phi) is 6.74. The summed E-state index contributed by atoms with van der Waals surface area (Å²) < 4.78 is 0. The van der Waals surface area contributed by atoms with Crippen molar-refractivity contribution in [3.63, 3.8) is 0 Å². The lowest BCUT2D eigenvalue weighted by molar-refractivity contribution is -0.136. The van der Waals surface area contributed by atoms with Gasteiger partial charge in [-0.1, -0.05) is 6.92 Å². The van der Waals surface area contributed by atoms with Crippen molar-refractivity contribution in [2.24, 2.45) is 11.7 Å². The Hall–Kier alpha value is -1.10. The molecule has 0 aliphatic heterocycles. The molecule has 0 aromatic carbocycles. The summed E-state index contributed by atoms with van der Waals surface area (Å²) in [6, 6.07) is 0. The fourth-order valence-electron chi connectivity index (χ4n) is 0.893. The molecule has 1 amide bonds. The Morgan fingerprint density at radius 2 is 2.07 bits per heavy atom. The number of carbonyl (C=O) groups excluding carboxylic acids is 1. The van der Waals surface area contributed by atoms with Gasteiger partial charge in [0, 0.05) is 13.0 Å². The Labute approximate surface area is 83.7 Å². The predicted octanol–water partition coefficient (Wildman–Crippen LogP) is -0.0477. The largest absolute Gasteiger partial charge is 0.481 e. The zero-order valence-corrected chi connectivity index (χ0v) is 8.45. The van der Waals surface area contributed by atoms with Gasteiger partial charge >= 0.3 is 5.97 Å². The molecule has 0 aliphatic rings. The molecule has 14 heavy (non-hydrogen) atoms. The average Bonchev–Trinajstić information content (AvgIpc) is 2.13. The van der Waals surface area contributed by atoms with Crippen molar-refractivity contribution in [3.8, 4) is 0 Å². The molecule has 0 radical (unpaired) electrons. The third-order valence-electron chi connectivity index (χ3n) is 1.93. The van der Waals surface area contributed by atoms with Crippen LogP contribution in [0.5, 0.6) is 0 Å². The smallest absolute Gasteiger partial charge is 0.305 e. The van der Waals surface area contributed by atoms with Crippen LogP contribution in [0.15, 0.2) is 0 Å². The summed E-state index contributed by atoms with van der Waals surface area (Å²) in [5, 5.41) is 10.8. The maximum atomic E-state index is 11.1. The number of amides is 1. The Bertz CT molecular complexity index is 194. The van der Waals surface area contributed by atoms with E-state index in [9.17, 15) is 9.59 Å². The van der Waals surface area contributed by atoms with Crippen molar-refractivity contribution in [1.82, 2.24) is 5.32 Å². The van der Waals surface area contributed by atoms with Crippen molar-refractivity contribution < 1.29 is 14.7 Å². The first-order chi connectivity index (χ1) is 6.56. The topological polar surface area (TPSA) is 92.4 Å². The first-order valence-corrected chi connectivity index (χ1v) is 4.74. The van der Waals surface area contributed by atoms with Gasteiger partial charge in [-0.05, 0) is 18.9 Å². The van der Waals surface area contributed by atoms with E-state index >= 15 is 0 Å². The summed E-state index contributed by atoms with van der Waals surface area (Å²) in [7, 11) is 0. The molecule has 0 spiro atoms. The number of aliphatic carboxylic acids is 1. The summed E-state index contributed by atoms with van der Waals surface area (Å²) in [5.41, 5.74) is 5.39. The maximum absolute atomic E-state index is 11.1. The number of nitrogens with two attached hydrogens (primary N) is 1. The van der Waals surface area contributed by atoms with E-state index in [1.54, 1.807) is 0 Å². The molecule has 0 aromatic heterocycles. The normalized spacial score (nSPS) is 12.1. The van der Waals surface area contributed by atoms with Crippen LogP contribution >= 0.6 is 0 Å². The number of hydrogen-bond acceptors (Lipinski definition) is 3. The van der Waals surface area contributed by atoms with E-state index in [1.807, 2.05) is 6.92 Å². The molecule has 5 heteroatoms. The molecule has 5 nitrogen and oxygen atoms in total. The zero-order chi connectivity index (χ0) is 11.0. The Morgan fingerprint density at radius 3 is 2.57 bits per heavy atom. The van der Waals surface area contributed by atoms with Gasteiger partial charge in [0.2, 0.25) is 5.91 Å². The van der Waals surface area contributed by atoms with Gasteiger partial charge in [0.05, 0.1) is 6.42 Å². The molecule has 0 bridgehead atoms. The van der Waals surface area contributed by atoms with Gasteiger partial charge in [0.1, 0.15) is 0 Å². The molecular weight excluding hydrogens is 184 g/mol. The van der Waals surface area contributed by atoms with Crippen LogP contribution in [-0.2, 0) is 9.59 Å². The number of carboxylic acids is 1. The highest BCUT2D eigenvalue weighted by atomic mass is 16.4. The van der Waals surface area contributed by atoms with E-state index in [2.05, 4.69) is 5.32 Å². The molecule has 4 N–H and O–H groups in total. The minimum Gasteiger partial charge on any atom is -0.481 e. The molecule has 0 fully saturated rings. The molecule has 0 aliphatic carbocycles. The molecule has 0 rings (SSSR count). The number of rotatable bonds is 7. The van der Waals surface area contributed by atoms with E-state index in [0.29, 0.717) is 18.9 Å². The van der Waals surface area contributed by atoms with Gasteiger partial charge < -0.3 is 16.2 Å². The van der Waals surface area contributed by atoms with E-state index in [0.717, 1.165) is 6.42 Å². The molecule has 0 heterocycles. The van der Waals surface area contributed by atoms with E-state index in [-0.39, 0.29) is 18.9 Å². The van der Waals surface area contributed by atoms with Crippen LogP contribution in [0.3, 0.4) is 0 Å². The Balaban J connectivity index is 3.41. The minimum absolute atomic E-state index is 0.0296. The van der Waals surface area contributed by atoms with Crippen LogP contribution in [0.4, 0.5) is 0 Å². The zero-order valence-electron chi connectivity index (χ0n) is 8.45. The first-order valence-electron chi connectivity index (χ1n) is 4.74. The van der Waals surface area contributed by atoms with Crippen molar-refractivity contribution in [2.45, 2.75) is 26.2 Å². The lowest BCUT2D eigenvalue weighted by Gasteiger charge is -2.07. The van der Waals surface area contributed by atoms with Gasteiger partial charge in [0.25, 0.3) is 0 Å². The molecule has 0 saturated heterocycles. The van der Waals surface area contributed by atoms with Crippen molar-refractivity contribution in [3.05, 3.63) is 0 Å². The fraction of sp³-hybridized carbons (Fsp3) is 0.778. The summed E-state index contributed by atoms with van der Waals surface area (Å²) in [6.45, 7) is 2.75. The van der Waals surface area contributed by atoms with Crippen molar-refractivity contribution in [1.29, 1.82) is 0 Å². The highest BCUT2D eigenvalue weighted by Crippen LogP contribution is 2.02. The number of nitrogens with one attached hydrogen (secondary N) is 1. The second kappa shape index (κ2) is 7.32. The summed E-state index contributed by atoms with van der Waals surface area (Å²) in [4.78, 5) is 21.2. The van der Waals surface area contributed by atoms with Gasteiger partial charge in [-0.15, -0.1) is 0 Å². The quantitative estimate of drug-likeness (QED) is 0.539. The van der Waals surface area contributed by atoms with E-state index < -0.39 is 5.97 Å². The van der Waals surface area contributed by atoms with Crippen LogP contribution in [0, 0.1) is 5.92 Å². The van der Waals surface area contributed by atoms with Gasteiger partial charge in [0.15, 0.2) is 0 Å². The van der Waals surface area contributed by atoms with Crippen LogP contribution in [0.1, 0.15) is 26.2 Å². The average molecular weight is 202 g/mol. The van der Waals surface area contributed by atoms with Gasteiger partial charge in [-0.25, -0.2) is 0 Å². The number of carboxylic acid groups (broad SMARTS) is 1. The highest BCUT2D eigenvalue weighted by Gasteiger charge is 2.05. The van der Waals surface area contributed by atoms with Gasteiger partial charge in [-0.2, -0.15) is 0 Å². The molecule has 1 unspecified atom stereocenters. The lowest BCUT2D eigenvalue weighted by Crippen LogP contribution is -2.26. The van der Waals surface area contributed by atoms with Gasteiger partial charge in [-0.3, -0.25) is 9.59 Å².